The average molecular weight is 259 g/mol. The van der Waals surface area contributed by atoms with Crippen LogP contribution in [-0.4, -0.2) is 19.0 Å². The summed E-state index contributed by atoms with van der Waals surface area (Å²) in [6.07, 6.45) is 1.25. The predicted molar refractivity (Wildman–Crippen MR) is 70.1 cm³/mol. The Morgan fingerprint density at radius 1 is 1.37 bits per heavy atom. The molecule has 1 amide bonds. The molecule has 0 aliphatic rings. The van der Waals surface area contributed by atoms with Crippen LogP contribution in [0.1, 0.15) is 6.92 Å². The highest BCUT2D eigenvalue weighted by molar-refractivity contribution is 5.93. The minimum Gasteiger partial charge on any atom is -0.465 e. The van der Waals surface area contributed by atoms with Gasteiger partial charge in [-0.3, -0.25) is 4.79 Å². The number of anilines is 2. The van der Waals surface area contributed by atoms with Gasteiger partial charge in [0.1, 0.15) is 6.07 Å². The Hall–Kier alpha value is -2.81. The predicted octanol–water partition coefficient (Wildman–Crippen LogP) is 1.64. The smallest absolute Gasteiger partial charge is 0.350 e. The van der Waals surface area contributed by atoms with Gasteiger partial charge in [0.05, 0.1) is 7.11 Å². The number of rotatable bonds is 4. The fraction of sp³-hybridized carbons (Fsp3) is 0.154. The first-order chi connectivity index (χ1) is 9.06. The van der Waals surface area contributed by atoms with Crippen molar-refractivity contribution in [1.29, 1.82) is 5.26 Å². The highest BCUT2D eigenvalue weighted by Gasteiger charge is 2.07. The Morgan fingerprint density at radius 2 is 2.05 bits per heavy atom. The molecule has 0 fully saturated rings. The lowest BCUT2D eigenvalue weighted by Gasteiger charge is -2.05. The molecule has 0 heterocycles. The number of benzene rings is 1. The highest BCUT2D eigenvalue weighted by atomic mass is 16.5. The van der Waals surface area contributed by atoms with E-state index in [9.17, 15) is 9.59 Å². The van der Waals surface area contributed by atoms with E-state index in [1.165, 1.54) is 20.2 Å². The van der Waals surface area contributed by atoms with Gasteiger partial charge in [-0.05, 0) is 18.2 Å². The summed E-state index contributed by atoms with van der Waals surface area (Å²) in [4.78, 5) is 22.1. The fourth-order valence-electron chi connectivity index (χ4n) is 1.29. The molecule has 0 spiro atoms. The molecular weight excluding hydrogens is 246 g/mol. The summed E-state index contributed by atoms with van der Waals surface area (Å²) in [7, 11) is 1.20. The van der Waals surface area contributed by atoms with Crippen molar-refractivity contribution in [3.63, 3.8) is 0 Å². The number of hydrogen-bond acceptors (Lipinski definition) is 5. The van der Waals surface area contributed by atoms with E-state index in [4.69, 9.17) is 5.26 Å². The largest absolute Gasteiger partial charge is 0.465 e. The van der Waals surface area contributed by atoms with E-state index < -0.39 is 5.97 Å². The molecule has 1 aromatic rings. The van der Waals surface area contributed by atoms with Crippen molar-refractivity contribution in [2.75, 3.05) is 17.7 Å². The molecule has 0 aliphatic carbocycles. The first-order valence-electron chi connectivity index (χ1n) is 5.39. The van der Waals surface area contributed by atoms with Crippen LogP contribution in [0, 0.1) is 11.3 Å². The minimum atomic E-state index is -0.715. The summed E-state index contributed by atoms with van der Waals surface area (Å²) >= 11 is 0. The van der Waals surface area contributed by atoms with Gasteiger partial charge in [0, 0.05) is 24.5 Å². The van der Waals surface area contributed by atoms with E-state index in [0.717, 1.165) is 0 Å². The molecule has 98 valence electrons. The molecule has 0 saturated heterocycles. The second kappa shape index (κ2) is 6.81. The zero-order valence-corrected chi connectivity index (χ0v) is 10.6. The standard InChI is InChI=1S/C13H13N3O3/c1-9(17)16-12-5-3-4-11(6-12)15-8-10(7-14)13(18)19-2/h3-6,8,15H,1-2H3,(H,16,17)/b10-8-. The number of carbonyl (C=O) groups is 2. The maximum Gasteiger partial charge on any atom is 0.350 e. The van der Waals surface area contributed by atoms with Crippen molar-refractivity contribution in [1.82, 2.24) is 0 Å². The third-order valence-electron chi connectivity index (χ3n) is 2.09. The first-order valence-corrected chi connectivity index (χ1v) is 5.39. The van der Waals surface area contributed by atoms with Crippen LogP contribution in [0.5, 0.6) is 0 Å². The molecule has 0 atom stereocenters. The molecule has 0 saturated carbocycles. The fourth-order valence-corrected chi connectivity index (χ4v) is 1.29. The van der Waals surface area contributed by atoms with Crippen LogP contribution < -0.4 is 10.6 Å². The quantitative estimate of drug-likeness (QED) is 0.487. The van der Waals surface area contributed by atoms with Gasteiger partial charge in [-0.1, -0.05) is 6.07 Å². The van der Waals surface area contributed by atoms with Gasteiger partial charge in [0.2, 0.25) is 5.91 Å². The van der Waals surface area contributed by atoms with Crippen LogP contribution in [0.15, 0.2) is 36.0 Å². The van der Waals surface area contributed by atoms with Crippen LogP contribution in [0.3, 0.4) is 0 Å². The summed E-state index contributed by atoms with van der Waals surface area (Å²) in [5, 5.41) is 14.2. The monoisotopic (exact) mass is 259 g/mol. The number of nitrogens with one attached hydrogen (secondary N) is 2. The number of ether oxygens (including phenoxy) is 1. The van der Waals surface area contributed by atoms with Crippen LogP contribution in [0.2, 0.25) is 0 Å². The van der Waals surface area contributed by atoms with Crippen molar-refractivity contribution >= 4 is 23.3 Å². The van der Waals surface area contributed by atoms with Crippen molar-refractivity contribution < 1.29 is 14.3 Å². The van der Waals surface area contributed by atoms with Crippen LogP contribution in [0.4, 0.5) is 11.4 Å². The number of hydrogen-bond donors (Lipinski definition) is 2. The summed E-state index contributed by atoms with van der Waals surface area (Å²) in [5.41, 5.74) is 1.10. The lowest BCUT2D eigenvalue weighted by Crippen LogP contribution is -2.06. The SMILES string of the molecule is COC(=O)/C(C#N)=C\Nc1cccc(NC(C)=O)c1. The van der Waals surface area contributed by atoms with Crippen molar-refractivity contribution in [2.45, 2.75) is 6.92 Å². The van der Waals surface area contributed by atoms with Gasteiger partial charge in [0.25, 0.3) is 0 Å². The first kappa shape index (κ1) is 14.3. The molecule has 0 radical (unpaired) electrons. The Labute approximate surface area is 110 Å². The molecule has 0 aromatic heterocycles. The number of nitrogens with zero attached hydrogens (tertiary/aromatic N) is 1. The van der Waals surface area contributed by atoms with Crippen LogP contribution >= 0.6 is 0 Å². The molecule has 6 nitrogen and oxygen atoms in total. The Balaban J connectivity index is 2.83. The summed E-state index contributed by atoms with van der Waals surface area (Å²) in [6.45, 7) is 1.41. The average Bonchev–Trinajstić information content (AvgIpc) is 2.38. The number of esters is 1. The highest BCUT2D eigenvalue weighted by Crippen LogP contribution is 2.15. The zero-order valence-electron chi connectivity index (χ0n) is 10.6. The minimum absolute atomic E-state index is 0.146. The van der Waals surface area contributed by atoms with E-state index in [-0.39, 0.29) is 11.5 Å². The second-order valence-electron chi connectivity index (χ2n) is 3.57. The van der Waals surface area contributed by atoms with Crippen LogP contribution in [0.25, 0.3) is 0 Å². The second-order valence-corrected chi connectivity index (χ2v) is 3.57. The summed E-state index contributed by atoms with van der Waals surface area (Å²) in [6, 6.07) is 8.58. The molecule has 2 N–H and O–H groups in total. The van der Waals surface area contributed by atoms with Gasteiger partial charge < -0.3 is 15.4 Å². The van der Waals surface area contributed by atoms with E-state index >= 15 is 0 Å². The molecule has 0 bridgehead atoms. The van der Waals surface area contributed by atoms with E-state index in [0.29, 0.717) is 11.4 Å². The third kappa shape index (κ3) is 4.52. The Kier molecular flexibility index (Phi) is 5.11. The van der Waals surface area contributed by atoms with Gasteiger partial charge in [-0.2, -0.15) is 5.26 Å². The van der Waals surface area contributed by atoms with Crippen LogP contribution in [-0.2, 0) is 14.3 Å². The van der Waals surface area contributed by atoms with Crippen molar-refractivity contribution in [3.05, 3.63) is 36.0 Å². The molecule has 6 heteroatoms. The zero-order chi connectivity index (χ0) is 14.3. The Bertz CT molecular complexity index is 558. The Morgan fingerprint density at radius 3 is 2.63 bits per heavy atom. The summed E-state index contributed by atoms with van der Waals surface area (Å²) < 4.78 is 4.44. The summed E-state index contributed by atoms with van der Waals surface area (Å²) in [5.74, 6) is -0.895. The molecule has 1 aromatic carbocycles. The number of amides is 1. The molecule has 19 heavy (non-hydrogen) atoms. The normalized spacial score (nSPS) is 10.3. The van der Waals surface area contributed by atoms with Crippen molar-refractivity contribution in [2.24, 2.45) is 0 Å². The maximum absolute atomic E-state index is 11.2. The van der Waals surface area contributed by atoms with Gasteiger partial charge in [-0.15, -0.1) is 0 Å². The van der Waals surface area contributed by atoms with E-state index in [1.54, 1.807) is 30.3 Å². The molecule has 1 rings (SSSR count). The lowest BCUT2D eigenvalue weighted by atomic mass is 10.2. The molecule has 0 unspecified atom stereocenters. The topological polar surface area (TPSA) is 91.2 Å². The van der Waals surface area contributed by atoms with Gasteiger partial charge >= 0.3 is 5.97 Å². The number of carbonyl (C=O) groups excluding carboxylic acids is 2. The molecule has 0 aliphatic heterocycles. The molecular formula is C13H13N3O3. The number of nitriles is 1. The maximum atomic E-state index is 11.2. The van der Waals surface area contributed by atoms with Gasteiger partial charge in [-0.25, -0.2) is 4.79 Å². The lowest BCUT2D eigenvalue weighted by molar-refractivity contribution is -0.135. The van der Waals surface area contributed by atoms with E-state index in [2.05, 4.69) is 15.4 Å². The van der Waals surface area contributed by atoms with Crippen molar-refractivity contribution in [3.8, 4) is 6.07 Å². The third-order valence-corrected chi connectivity index (χ3v) is 2.09. The van der Waals surface area contributed by atoms with Gasteiger partial charge in [0.15, 0.2) is 5.57 Å². The van der Waals surface area contributed by atoms with E-state index in [1.807, 2.05) is 0 Å². The number of methoxy groups -OCH3 is 1.